The SMILES string of the molecule is COc1c2c(c(C)c3c1OCC3)OCC2. The number of benzene rings is 1. The highest BCUT2D eigenvalue weighted by atomic mass is 16.5. The maximum atomic E-state index is 5.66. The molecule has 2 aliphatic heterocycles. The van der Waals surface area contributed by atoms with Crippen LogP contribution in [0.25, 0.3) is 0 Å². The van der Waals surface area contributed by atoms with E-state index in [1.165, 1.54) is 16.7 Å². The Kier molecular flexibility index (Phi) is 1.81. The molecule has 3 rings (SSSR count). The second-order valence-corrected chi connectivity index (χ2v) is 3.97. The maximum absolute atomic E-state index is 5.66. The lowest BCUT2D eigenvalue weighted by Gasteiger charge is -2.13. The number of hydrogen-bond donors (Lipinski definition) is 0. The predicted octanol–water partition coefficient (Wildman–Crippen LogP) is 1.87. The Balaban J connectivity index is 2.31. The first-order chi connectivity index (χ1) is 7.33. The number of hydrogen-bond acceptors (Lipinski definition) is 3. The van der Waals surface area contributed by atoms with Crippen LogP contribution >= 0.6 is 0 Å². The normalized spacial score (nSPS) is 16.7. The summed E-state index contributed by atoms with van der Waals surface area (Å²) < 4.78 is 16.8. The summed E-state index contributed by atoms with van der Waals surface area (Å²) in [5, 5.41) is 0. The van der Waals surface area contributed by atoms with Crippen molar-refractivity contribution in [3.8, 4) is 17.2 Å². The average molecular weight is 206 g/mol. The molecule has 0 atom stereocenters. The van der Waals surface area contributed by atoms with Gasteiger partial charge in [-0.25, -0.2) is 0 Å². The van der Waals surface area contributed by atoms with Crippen molar-refractivity contribution in [3.05, 3.63) is 16.7 Å². The van der Waals surface area contributed by atoms with Crippen LogP contribution in [-0.4, -0.2) is 20.3 Å². The fourth-order valence-corrected chi connectivity index (χ4v) is 2.51. The zero-order chi connectivity index (χ0) is 10.4. The molecule has 0 aromatic heterocycles. The molecule has 0 aliphatic carbocycles. The zero-order valence-electron chi connectivity index (χ0n) is 9.05. The van der Waals surface area contributed by atoms with E-state index in [0.717, 1.165) is 43.3 Å². The van der Waals surface area contributed by atoms with Crippen LogP contribution in [0.2, 0.25) is 0 Å². The van der Waals surface area contributed by atoms with E-state index < -0.39 is 0 Å². The number of rotatable bonds is 1. The molecule has 0 spiro atoms. The lowest BCUT2D eigenvalue weighted by Crippen LogP contribution is -1.95. The summed E-state index contributed by atoms with van der Waals surface area (Å²) >= 11 is 0. The van der Waals surface area contributed by atoms with E-state index in [-0.39, 0.29) is 0 Å². The van der Waals surface area contributed by atoms with Gasteiger partial charge in [0, 0.05) is 24.0 Å². The fourth-order valence-electron chi connectivity index (χ4n) is 2.51. The van der Waals surface area contributed by atoms with Gasteiger partial charge in [0.05, 0.1) is 20.3 Å². The smallest absolute Gasteiger partial charge is 0.168 e. The van der Waals surface area contributed by atoms with Gasteiger partial charge in [-0.2, -0.15) is 0 Å². The van der Waals surface area contributed by atoms with Crippen molar-refractivity contribution in [1.82, 2.24) is 0 Å². The van der Waals surface area contributed by atoms with E-state index in [1.54, 1.807) is 7.11 Å². The molecule has 15 heavy (non-hydrogen) atoms. The van der Waals surface area contributed by atoms with Crippen molar-refractivity contribution in [3.63, 3.8) is 0 Å². The third-order valence-corrected chi connectivity index (χ3v) is 3.22. The summed E-state index contributed by atoms with van der Waals surface area (Å²) in [5.74, 6) is 2.86. The first-order valence-electron chi connectivity index (χ1n) is 5.31. The highest BCUT2D eigenvalue weighted by Crippen LogP contribution is 2.48. The van der Waals surface area contributed by atoms with Crippen LogP contribution in [0.3, 0.4) is 0 Å². The second-order valence-electron chi connectivity index (χ2n) is 3.97. The quantitative estimate of drug-likeness (QED) is 0.702. The van der Waals surface area contributed by atoms with Crippen molar-refractivity contribution >= 4 is 0 Å². The molecular weight excluding hydrogens is 192 g/mol. The molecule has 1 aromatic rings. The van der Waals surface area contributed by atoms with Gasteiger partial charge < -0.3 is 14.2 Å². The molecule has 0 unspecified atom stereocenters. The minimum atomic E-state index is 0.759. The largest absolute Gasteiger partial charge is 0.493 e. The minimum absolute atomic E-state index is 0.759. The number of methoxy groups -OCH3 is 1. The maximum Gasteiger partial charge on any atom is 0.168 e. The van der Waals surface area contributed by atoms with Gasteiger partial charge in [-0.05, 0) is 12.5 Å². The molecule has 2 heterocycles. The monoisotopic (exact) mass is 206 g/mol. The molecule has 0 fully saturated rings. The van der Waals surface area contributed by atoms with Gasteiger partial charge >= 0.3 is 0 Å². The standard InChI is InChI=1S/C12H14O3/c1-7-8-3-5-15-12(8)11(13-2)9-4-6-14-10(7)9/h3-6H2,1-2H3. The van der Waals surface area contributed by atoms with E-state index in [1.807, 2.05) is 0 Å². The van der Waals surface area contributed by atoms with Gasteiger partial charge in [-0.15, -0.1) is 0 Å². The van der Waals surface area contributed by atoms with Crippen LogP contribution in [0.4, 0.5) is 0 Å². The summed E-state index contributed by atoms with van der Waals surface area (Å²) in [4.78, 5) is 0. The summed E-state index contributed by atoms with van der Waals surface area (Å²) in [7, 11) is 1.70. The molecule has 1 aromatic carbocycles. The van der Waals surface area contributed by atoms with Crippen molar-refractivity contribution in [2.45, 2.75) is 19.8 Å². The molecule has 2 aliphatic rings. The Morgan fingerprint density at radius 2 is 1.67 bits per heavy atom. The Hall–Kier alpha value is -1.38. The van der Waals surface area contributed by atoms with E-state index in [4.69, 9.17) is 14.2 Å². The molecule has 0 saturated heterocycles. The van der Waals surface area contributed by atoms with Crippen LogP contribution in [0.1, 0.15) is 16.7 Å². The Morgan fingerprint density at radius 1 is 1.00 bits per heavy atom. The van der Waals surface area contributed by atoms with Crippen molar-refractivity contribution in [2.24, 2.45) is 0 Å². The first-order valence-corrected chi connectivity index (χ1v) is 5.31. The fraction of sp³-hybridized carbons (Fsp3) is 0.500. The second kappa shape index (κ2) is 3.05. The lowest BCUT2D eigenvalue weighted by atomic mass is 9.99. The van der Waals surface area contributed by atoms with Gasteiger partial charge in [-0.1, -0.05) is 0 Å². The van der Waals surface area contributed by atoms with Crippen LogP contribution in [0.5, 0.6) is 17.2 Å². The van der Waals surface area contributed by atoms with Crippen molar-refractivity contribution in [2.75, 3.05) is 20.3 Å². The Morgan fingerprint density at radius 3 is 2.40 bits per heavy atom. The van der Waals surface area contributed by atoms with E-state index >= 15 is 0 Å². The third kappa shape index (κ3) is 1.06. The first kappa shape index (κ1) is 8.89. The molecule has 0 saturated carbocycles. The summed E-state index contributed by atoms with van der Waals surface area (Å²) in [5.41, 5.74) is 3.67. The van der Waals surface area contributed by atoms with E-state index in [2.05, 4.69) is 6.92 Å². The molecule has 3 heteroatoms. The molecule has 0 bridgehead atoms. The van der Waals surface area contributed by atoms with Crippen molar-refractivity contribution < 1.29 is 14.2 Å². The number of fused-ring (bicyclic) bond motifs is 2. The van der Waals surface area contributed by atoms with Gasteiger partial charge in [0.2, 0.25) is 0 Å². The molecule has 0 amide bonds. The van der Waals surface area contributed by atoms with E-state index in [9.17, 15) is 0 Å². The van der Waals surface area contributed by atoms with Crippen LogP contribution < -0.4 is 14.2 Å². The highest BCUT2D eigenvalue weighted by Gasteiger charge is 2.30. The molecule has 0 radical (unpaired) electrons. The third-order valence-electron chi connectivity index (χ3n) is 3.22. The van der Waals surface area contributed by atoms with Gasteiger partial charge in [-0.3, -0.25) is 0 Å². The Bertz CT molecular complexity index is 388. The van der Waals surface area contributed by atoms with Gasteiger partial charge in [0.25, 0.3) is 0 Å². The van der Waals surface area contributed by atoms with Crippen LogP contribution in [-0.2, 0) is 12.8 Å². The summed E-state index contributed by atoms with van der Waals surface area (Å²) in [6.45, 7) is 3.63. The number of ether oxygens (including phenoxy) is 3. The minimum Gasteiger partial charge on any atom is -0.493 e. The summed E-state index contributed by atoms with van der Waals surface area (Å²) in [6, 6.07) is 0. The highest BCUT2D eigenvalue weighted by molar-refractivity contribution is 5.65. The van der Waals surface area contributed by atoms with Gasteiger partial charge in [0.1, 0.15) is 5.75 Å². The van der Waals surface area contributed by atoms with Crippen molar-refractivity contribution in [1.29, 1.82) is 0 Å². The zero-order valence-corrected chi connectivity index (χ0v) is 9.05. The average Bonchev–Trinajstić information content (AvgIpc) is 2.85. The van der Waals surface area contributed by atoms with Crippen LogP contribution in [0, 0.1) is 6.92 Å². The molecule has 3 nitrogen and oxygen atoms in total. The lowest BCUT2D eigenvalue weighted by molar-refractivity contribution is 0.324. The van der Waals surface area contributed by atoms with E-state index in [0.29, 0.717) is 0 Å². The van der Waals surface area contributed by atoms with Crippen LogP contribution in [0.15, 0.2) is 0 Å². The molecule has 80 valence electrons. The van der Waals surface area contributed by atoms with Gasteiger partial charge in [0.15, 0.2) is 11.5 Å². The predicted molar refractivity (Wildman–Crippen MR) is 56.1 cm³/mol. The topological polar surface area (TPSA) is 27.7 Å². The molecular formula is C12H14O3. The Labute approximate surface area is 89.0 Å². The summed E-state index contributed by atoms with van der Waals surface area (Å²) in [6.07, 6.45) is 1.89. The molecule has 0 N–H and O–H groups in total.